The average Bonchev–Trinajstić information content (AvgIpc) is 2.69. The van der Waals surface area contributed by atoms with Gasteiger partial charge in [-0.3, -0.25) is 0 Å². The van der Waals surface area contributed by atoms with E-state index in [1.807, 2.05) is 11.8 Å². The van der Waals surface area contributed by atoms with Gasteiger partial charge in [-0.05, 0) is 36.7 Å². The lowest BCUT2D eigenvalue weighted by Gasteiger charge is -2.22. The molecule has 1 saturated heterocycles. The van der Waals surface area contributed by atoms with Crippen LogP contribution in [0.25, 0.3) is 0 Å². The normalized spacial score (nSPS) is 28.9. The molecule has 2 rings (SSSR count). The van der Waals surface area contributed by atoms with Crippen molar-refractivity contribution in [2.24, 2.45) is 0 Å². The minimum atomic E-state index is 0.0697. The summed E-state index contributed by atoms with van der Waals surface area (Å²) < 4.78 is 11.1. The van der Waals surface area contributed by atoms with E-state index in [0.717, 1.165) is 19.6 Å². The van der Waals surface area contributed by atoms with Crippen molar-refractivity contribution in [1.82, 2.24) is 0 Å². The average molecular weight is 200 g/mol. The SMILES string of the molecule is C1=C(COC2CCCCO2)CCS1. The van der Waals surface area contributed by atoms with Crippen molar-refractivity contribution < 1.29 is 9.47 Å². The van der Waals surface area contributed by atoms with Crippen LogP contribution in [-0.4, -0.2) is 25.3 Å². The minimum absolute atomic E-state index is 0.0697. The lowest BCUT2D eigenvalue weighted by atomic mass is 10.2. The van der Waals surface area contributed by atoms with Crippen LogP contribution in [0, 0.1) is 0 Å². The Morgan fingerprint density at radius 2 is 2.54 bits per heavy atom. The number of thioether (sulfide) groups is 1. The molecule has 1 fully saturated rings. The van der Waals surface area contributed by atoms with E-state index in [-0.39, 0.29) is 6.29 Å². The van der Waals surface area contributed by atoms with Crippen LogP contribution in [0.1, 0.15) is 25.7 Å². The van der Waals surface area contributed by atoms with E-state index in [0.29, 0.717) is 0 Å². The van der Waals surface area contributed by atoms with Crippen LogP contribution in [0.15, 0.2) is 11.0 Å². The molecule has 2 aliphatic rings. The Labute approximate surface area is 83.7 Å². The van der Waals surface area contributed by atoms with Crippen molar-refractivity contribution in [1.29, 1.82) is 0 Å². The van der Waals surface area contributed by atoms with Gasteiger partial charge in [0.25, 0.3) is 0 Å². The molecule has 0 aromatic carbocycles. The highest BCUT2D eigenvalue weighted by Crippen LogP contribution is 2.23. The standard InChI is InChI=1S/C10H16O2S/c1-2-5-11-10(3-1)12-7-9-4-6-13-8-9/h8,10H,1-7H2. The third kappa shape index (κ3) is 3.01. The molecule has 2 heterocycles. The fourth-order valence-corrected chi connectivity index (χ4v) is 2.49. The van der Waals surface area contributed by atoms with E-state index in [1.54, 1.807) is 0 Å². The van der Waals surface area contributed by atoms with E-state index in [4.69, 9.17) is 9.47 Å². The monoisotopic (exact) mass is 200 g/mol. The fourth-order valence-electron chi connectivity index (χ4n) is 1.57. The molecule has 1 unspecified atom stereocenters. The molecular weight excluding hydrogens is 184 g/mol. The minimum Gasteiger partial charge on any atom is -0.353 e. The predicted octanol–water partition coefficient (Wildman–Crippen LogP) is 2.55. The maximum atomic E-state index is 5.66. The molecule has 0 spiro atoms. The Balaban J connectivity index is 1.66. The summed E-state index contributed by atoms with van der Waals surface area (Å²) in [5, 5.41) is 2.23. The molecule has 0 bridgehead atoms. The van der Waals surface area contributed by atoms with Gasteiger partial charge in [-0.1, -0.05) is 0 Å². The van der Waals surface area contributed by atoms with Crippen molar-refractivity contribution in [2.75, 3.05) is 19.0 Å². The zero-order valence-electron chi connectivity index (χ0n) is 7.83. The number of hydrogen-bond acceptors (Lipinski definition) is 3. The van der Waals surface area contributed by atoms with Gasteiger partial charge < -0.3 is 9.47 Å². The van der Waals surface area contributed by atoms with Gasteiger partial charge in [-0.25, -0.2) is 0 Å². The Morgan fingerprint density at radius 1 is 1.54 bits per heavy atom. The summed E-state index contributed by atoms with van der Waals surface area (Å²) in [7, 11) is 0. The Bertz CT molecular complexity index is 185. The fraction of sp³-hybridized carbons (Fsp3) is 0.800. The molecule has 0 amide bonds. The van der Waals surface area contributed by atoms with E-state index in [2.05, 4.69) is 5.41 Å². The molecule has 2 aliphatic heterocycles. The number of ether oxygens (including phenoxy) is 2. The summed E-state index contributed by atoms with van der Waals surface area (Å²) >= 11 is 1.89. The third-order valence-corrected chi connectivity index (χ3v) is 3.32. The van der Waals surface area contributed by atoms with Gasteiger partial charge in [-0.2, -0.15) is 0 Å². The number of rotatable bonds is 3. The van der Waals surface area contributed by atoms with E-state index in [1.165, 1.54) is 30.6 Å². The molecule has 0 aromatic heterocycles. The summed E-state index contributed by atoms with van der Waals surface area (Å²) in [5.74, 6) is 1.23. The zero-order valence-corrected chi connectivity index (χ0v) is 8.65. The maximum Gasteiger partial charge on any atom is 0.158 e. The quantitative estimate of drug-likeness (QED) is 0.697. The highest BCUT2D eigenvalue weighted by molar-refractivity contribution is 8.02. The van der Waals surface area contributed by atoms with Crippen LogP contribution in [0.5, 0.6) is 0 Å². The zero-order chi connectivity index (χ0) is 8.93. The summed E-state index contributed by atoms with van der Waals surface area (Å²) in [6.07, 6.45) is 4.77. The third-order valence-electron chi connectivity index (χ3n) is 2.38. The first-order valence-corrected chi connectivity index (χ1v) is 6.03. The van der Waals surface area contributed by atoms with Crippen molar-refractivity contribution in [3.8, 4) is 0 Å². The first-order valence-electron chi connectivity index (χ1n) is 4.98. The number of hydrogen-bond donors (Lipinski definition) is 0. The van der Waals surface area contributed by atoms with Gasteiger partial charge in [0.1, 0.15) is 0 Å². The lowest BCUT2D eigenvalue weighted by molar-refractivity contribution is -0.157. The maximum absolute atomic E-state index is 5.66. The largest absolute Gasteiger partial charge is 0.353 e. The van der Waals surface area contributed by atoms with E-state index < -0.39 is 0 Å². The summed E-state index contributed by atoms with van der Waals surface area (Å²) in [4.78, 5) is 0. The molecule has 1 atom stereocenters. The highest BCUT2D eigenvalue weighted by atomic mass is 32.2. The van der Waals surface area contributed by atoms with Crippen molar-refractivity contribution >= 4 is 11.8 Å². The van der Waals surface area contributed by atoms with Gasteiger partial charge in [-0.15, -0.1) is 11.8 Å². The molecule has 0 N–H and O–H groups in total. The van der Waals surface area contributed by atoms with Crippen LogP contribution in [0.3, 0.4) is 0 Å². The van der Waals surface area contributed by atoms with Gasteiger partial charge >= 0.3 is 0 Å². The summed E-state index contributed by atoms with van der Waals surface area (Å²) in [6, 6.07) is 0. The van der Waals surface area contributed by atoms with Crippen molar-refractivity contribution in [2.45, 2.75) is 32.0 Å². The van der Waals surface area contributed by atoms with Crippen LogP contribution in [0.4, 0.5) is 0 Å². The molecule has 2 nitrogen and oxygen atoms in total. The van der Waals surface area contributed by atoms with Crippen LogP contribution in [-0.2, 0) is 9.47 Å². The summed E-state index contributed by atoms with van der Waals surface area (Å²) in [6.45, 7) is 1.65. The molecule has 0 radical (unpaired) electrons. The van der Waals surface area contributed by atoms with Gasteiger partial charge in [0.15, 0.2) is 6.29 Å². The van der Waals surface area contributed by atoms with Crippen LogP contribution < -0.4 is 0 Å². The first kappa shape index (κ1) is 9.56. The molecule has 3 heteroatoms. The molecular formula is C10H16O2S. The van der Waals surface area contributed by atoms with Gasteiger partial charge in [0.05, 0.1) is 6.61 Å². The van der Waals surface area contributed by atoms with Crippen LogP contribution in [0.2, 0.25) is 0 Å². The van der Waals surface area contributed by atoms with Gasteiger partial charge in [0, 0.05) is 12.4 Å². The van der Waals surface area contributed by atoms with Crippen molar-refractivity contribution in [3.05, 3.63) is 11.0 Å². The second kappa shape index (κ2) is 5.03. The second-order valence-corrected chi connectivity index (χ2v) is 4.48. The van der Waals surface area contributed by atoms with E-state index >= 15 is 0 Å². The lowest BCUT2D eigenvalue weighted by Crippen LogP contribution is -2.23. The summed E-state index contributed by atoms with van der Waals surface area (Å²) in [5.41, 5.74) is 1.43. The van der Waals surface area contributed by atoms with E-state index in [9.17, 15) is 0 Å². The smallest absolute Gasteiger partial charge is 0.158 e. The highest BCUT2D eigenvalue weighted by Gasteiger charge is 2.15. The molecule has 0 aromatic rings. The Hall–Kier alpha value is 0.0100. The molecule has 74 valence electrons. The molecule has 13 heavy (non-hydrogen) atoms. The Morgan fingerprint density at radius 3 is 3.23 bits per heavy atom. The van der Waals surface area contributed by atoms with Crippen LogP contribution >= 0.6 is 11.8 Å². The molecule has 0 saturated carbocycles. The predicted molar refractivity (Wildman–Crippen MR) is 54.7 cm³/mol. The second-order valence-electron chi connectivity index (χ2n) is 3.50. The Kier molecular flexibility index (Phi) is 3.70. The molecule has 0 aliphatic carbocycles. The van der Waals surface area contributed by atoms with Gasteiger partial charge in [0.2, 0.25) is 0 Å². The first-order chi connectivity index (χ1) is 6.45. The van der Waals surface area contributed by atoms with Crippen molar-refractivity contribution in [3.63, 3.8) is 0 Å². The topological polar surface area (TPSA) is 18.5 Å².